The van der Waals surface area contributed by atoms with Crippen LogP contribution in [0.15, 0.2) is 78.9 Å². The molecule has 0 unspecified atom stereocenters. The standard InChI is InChI=1S/C35H30N4O4/c1-34(42-4)30(37(3)32(41)19-12-6-5-7-13-19)33-38-23-16-10-8-14-20(23)26-27-22(18-36-31(27)40)25-21-15-9-11-17-24(21)39(29(25)28(26)38)35(34,2)43-33/h5-17,30,33H,18H2,1-4H3,(H,36,40)/t30-,33-,34+,35+/m0/s1. The van der Waals surface area contributed by atoms with E-state index in [0.717, 1.165) is 54.7 Å². The molecule has 9 rings (SSSR count). The van der Waals surface area contributed by atoms with Crippen LogP contribution in [0.25, 0.3) is 43.6 Å². The smallest absolute Gasteiger partial charge is 0.254 e. The van der Waals surface area contributed by atoms with Crippen LogP contribution in [0.5, 0.6) is 0 Å². The number of carbonyl (C=O) groups is 2. The van der Waals surface area contributed by atoms with Crippen LogP contribution in [-0.4, -0.2) is 51.6 Å². The van der Waals surface area contributed by atoms with Crippen LogP contribution in [0.3, 0.4) is 0 Å². The molecule has 0 radical (unpaired) electrons. The molecule has 0 spiro atoms. The van der Waals surface area contributed by atoms with E-state index in [1.807, 2.05) is 61.6 Å². The summed E-state index contributed by atoms with van der Waals surface area (Å²) in [7, 11) is 3.54. The Labute approximate surface area is 247 Å². The highest BCUT2D eigenvalue weighted by Crippen LogP contribution is 2.59. The number of para-hydroxylation sites is 2. The number of ether oxygens (including phenoxy) is 2. The van der Waals surface area contributed by atoms with E-state index in [-0.39, 0.29) is 11.8 Å². The molecule has 43 heavy (non-hydrogen) atoms. The number of hydrogen-bond acceptors (Lipinski definition) is 4. The molecular formula is C35H30N4O4. The van der Waals surface area contributed by atoms with E-state index in [0.29, 0.717) is 12.1 Å². The van der Waals surface area contributed by atoms with Crippen LogP contribution in [0, 0.1) is 0 Å². The highest BCUT2D eigenvalue weighted by atomic mass is 16.6. The van der Waals surface area contributed by atoms with Crippen LogP contribution in [-0.2, 0) is 21.7 Å². The number of hydrogen-bond donors (Lipinski definition) is 1. The Morgan fingerprint density at radius 2 is 1.58 bits per heavy atom. The van der Waals surface area contributed by atoms with Crippen molar-refractivity contribution < 1.29 is 19.1 Å². The van der Waals surface area contributed by atoms with Crippen LogP contribution >= 0.6 is 0 Å². The van der Waals surface area contributed by atoms with E-state index in [2.05, 4.69) is 52.6 Å². The molecule has 1 N–H and O–H groups in total. The third kappa shape index (κ3) is 2.70. The van der Waals surface area contributed by atoms with Gasteiger partial charge < -0.3 is 28.8 Å². The zero-order chi connectivity index (χ0) is 29.4. The first-order chi connectivity index (χ1) is 20.8. The van der Waals surface area contributed by atoms with Gasteiger partial charge in [0.1, 0.15) is 11.6 Å². The maximum atomic E-state index is 14.1. The van der Waals surface area contributed by atoms with Crippen molar-refractivity contribution in [3.8, 4) is 0 Å². The molecule has 8 nitrogen and oxygen atoms in total. The number of methoxy groups -OCH3 is 1. The van der Waals surface area contributed by atoms with Crippen molar-refractivity contribution in [1.29, 1.82) is 0 Å². The summed E-state index contributed by atoms with van der Waals surface area (Å²) in [5, 5.41) is 7.14. The first-order valence-corrected chi connectivity index (χ1v) is 14.7. The zero-order valence-electron chi connectivity index (χ0n) is 24.3. The quantitative estimate of drug-likeness (QED) is 0.287. The molecule has 8 heteroatoms. The summed E-state index contributed by atoms with van der Waals surface area (Å²) in [6, 6.07) is 25.3. The molecule has 1 fully saturated rings. The van der Waals surface area contributed by atoms with Gasteiger partial charge in [-0.25, -0.2) is 0 Å². The minimum absolute atomic E-state index is 0.0622. The lowest BCUT2D eigenvalue weighted by Gasteiger charge is -2.45. The normalized spacial score (nSPS) is 25.6. The molecule has 1 saturated heterocycles. The van der Waals surface area contributed by atoms with E-state index >= 15 is 0 Å². The van der Waals surface area contributed by atoms with Gasteiger partial charge in [-0.3, -0.25) is 9.59 Å². The Morgan fingerprint density at radius 1 is 0.930 bits per heavy atom. The van der Waals surface area contributed by atoms with Crippen molar-refractivity contribution in [2.75, 3.05) is 14.2 Å². The summed E-state index contributed by atoms with van der Waals surface area (Å²) in [5.74, 6) is -0.177. The lowest BCUT2D eigenvalue weighted by molar-refractivity contribution is -0.184. The van der Waals surface area contributed by atoms with Crippen LogP contribution < -0.4 is 5.32 Å². The van der Waals surface area contributed by atoms with Gasteiger partial charge in [-0.1, -0.05) is 54.6 Å². The van der Waals surface area contributed by atoms with Crippen molar-refractivity contribution in [2.24, 2.45) is 0 Å². The first-order valence-electron chi connectivity index (χ1n) is 14.7. The SMILES string of the molecule is CO[C@]1(C)[C@@H](N(C)C(=O)c2ccccc2)[C@@H]2O[C@@]1(C)n1c3ccccc3c3c4c(c5c6ccccc6n2c5c31)C(=O)NC4. The maximum Gasteiger partial charge on any atom is 0.254 e. The number of likely N-dealkylation sites (N-methyl/N-ethyl adjacent to an activating group) is 1. The van der Waals surface area contributed by atoms with E-state index in [9.17, 15) is 9.59 Å². The van der Waals surface area contributed by atoms with Gasteiger partial charge in [-0.05, 0) is 43.7 Å². The minimum Gasteiger partial charge on any atom is -0.371 e. The van der Waals surface area contributed by atoms with Crippen molar-refractivity contribution in [2.45, 2.75) is 44.0 Å². The number of aromatic nitrogens is 2. The van der Waals surface area contributed by atoms with E-state index < -0.39 is 23.6 Å². The zero-order valence-corrected chi connectivity index (χ0v) is 24.3. The topological polar surface area (TPSA) is 77.7 Å². The van der Waals surface area contributed by atoms with E-state index in [4.69, 9.17) is 9.47 Å². The van der Waals surface area contributed by atoms with Gasteiger partial charge in [0.25, 0.3) is 11.8 Å². The number of fused-ring (bicyclic) bond motifs is 13. The van der Waals surface area contributed by atoms with Crippen LogP contribution in [0.2, 0.25) is 0 Å². The maximum absolute atomic E-state index is 14.1. The van der Waals surface area contributed by atoms with Gasteiger partial charge in [0, 0.05) is 47.8 Å². The lowest BCUT2D eigenvalue weighted by Crippen LogP contribution is -2.60. The van der Waals surface area contributed by atoms with Gasteiger partial charge in [0.05, 0.1) is 27.6 Å². The molecule has 3 aliphatic rings. The summed E-state index contributed by atoms with van der Waals surface area (Å²) < 4.78 is 18.3. The van der Waals surface area contributed by atoms with E-state index in [1.54, 1.807) is 12.0 Å². The van der Waals surface area contributed by atoms with Gasteiger partial charge in [0.15, 0.2) is 12.0 Å². The molecular weight excluding hydrogens is 540 g/mol. The predicted octanol–water partition coefficient (Wildman–Crippen LogP) is 5.91. The van der Waals surface area contributed by atoms with Crippen molar-refractivity contribution in [1.82, 2.24) is 19.4 Å². The molecule has 6 aromatic rings. The number of nitrogens with one attached hydrogen (secondary N) is 1. The minimum atomic E-state index is -1.03. The summed E-state index contributed by atoms with van der Waals surface area (Å²) in [4.78, 5) is 29.5. The number of amides is 2. The summed E-state index contributed by atoms with van der Waals surface area (Å²) >= 11 is 0. The Morgan fingerprint density at radius 3 is 2.30 bits per heavy atom. The van der Waals surface area contributed by atoms with Crippen molar-refractivity contribution in [3.05, 3.63) is 95.6 Å². The molecule has 2 bridgehead atoms. The first kappa shape index (κ1) is 24.9. The molecule has 4 atom stereocenters. The second-order valence-corrected chi connectivity index (χ2v) is 12.3. The fourth-order valence-corrected chi connectivity index (χ4v) is 8.40. The summed E-state index contributed by atoms with van der Waals surface area (Å²) in [5.41, 5.74) is 4.24. The monoisotopic (exact) mass is 570 g/mol. The molecule has 2 aromatic heterocycles. The Balaban J connectivity index is 1.49. The molecule has 4 aromatic carbocycles. The lowest BCUT2D eigenvalue weighted by atomic mass is 9.85. The largest absolute Gasteiger partial charge is 0.371 e. The molecule has 0 saturated carbocycles. The van der Waals surface area contributed by atoms with Gasteiger partial charge in [-0.2, -0.15) is 0 Å². The molecule has 214 valence electrons. The number of benzene rings is 4. The highest BCUT2D eigenvalue weighted by molar-refractivity contribution is 6.31. The van der Waals surface area contributed by atoms with Crippen LogP contribution in [0.4, 0.5) is 0 Å². The Hall–Kier alpha value is -4.66. The third-order valence-electron chi connectivity index (χ3n) is 10.5. The number of rotatable bonds is 3. The van der Waals surface area contributed by atoms with Gasteiger partial charge in [0.2, 0.25) is 0 Å². The summed E-state index contributed by atoms with van der Waals surface area (Å²) in [6.45, 7) is 4.60. The molecule has 5 heterocycles. The van der Waals surface area contributed by atoms with Gasteiger partial charge >= 0.3 is 0 Å². The fraction of sp³-hybridized carbons (Fsp3) is 0.257. The molecule has 2 amide bonds. The average molecular weight is 571 g/mol. The molecule has 3 aliphatic heterocycles. The second kappa shape index (κ2) is 8.03. The van der Waals surface area contributed by atoms with Crippen LogP contribution in [0.1, 0.15) is 46.4 Å². The fourth-order valence-electron chi connectivity index (χ4n) is 8.40. The predicted molar refractivity (Wildman–Crippen MR) is 165 cm³/mol. The second-order valence-electron chi connectivity index (χ2n) is 12.3. The van der Waals surface area contributed by atoms with Gasteiger partial charge in [-0.15, -0.1) is 0 Å². The Kier molecular flexibility index (Phi) is 4.65. The number of carbonyl (C=O) groups excluding carboxylic acids is 2. The third-order valence-corrected chi connectivity index (χ3v) is 10.5. The Bertz CT molecular complexity index is 2220. The van der Waals surface area contributed by atoms with E-state index in [1.165, 1.54) is 0 Å². The average Bonchev–Trinajstić information content (AvgIpc) is 3.72. The summed E-state index contributed by atoms with van der Waals surface area (Å²) in [6.07, 6.45) is -0.612. The van der Waals surface area contributed by atoms with Crippen molar-refractivity contribution >= 4 is 55.4 Å². The highest BCUT2D eigenvalue weighted by Gasteiger charge is 2.67. The molecule has 0 aliphatic carbocycles. The van der Waals surface area contributed by atoms with Crippen molar-refractivity contribution in [3.63, 3.8) is 0 Å². The number of nitrogens with zero attached hydrogens (tertiary/aromatic N) is 3.